The summed E-state index contributed by atoms with van der Waals surface area (Å²) in [5, 5.41) is 17.2. The molecule has 1 saturated carbocycles. The Hall–Kier alpha value is -3.70. The lowest BCUT2D eigenvalue weighted by molar-refractivity contribution is 0.0857. The average Bonchev–Trinajstić information content (AvgIpc) is 3.58. The zero-order chi connectivity index (χ0) is 26.4. The topological polar surface area (TPSA) is 139 Å². The third kappa shape index (κ3) is 4.56. The molecule has 3 N–H and O–H groups in total. The fraction of sp³-hybridized carbons (Fsp3) is 0.370. The number of rotatable bonds is 7. The van der Waals surface area contributed by atoms with E-state index in [1.807, 2.05) is 0 Å². The van der Waals surface area contributed by atoms with Crippen molar-refractivity contribution in [1.29, 1.82) is 0 Å². The standard InChI is InChI=1S/C27H28N4O6S/c32-24-19-5-1-2-6-21(19)31(12-11-16-7-8-16)27(34)23(24)25-29-20-10-9-17(14-22(20)38(35,36)30-25)26(33)28-15-18-4-3-13-37-18/h1-2,5-6,9-10,14,16,18,32H,3-4,7-8,11-13,15H2,(H,28,33)(H,29,30). The highest BCUT2D eigenvalue weighted by molar-refractivity contribution is 7.90. The van der Waals surface area contributed by atoms with Crippen molar-refractivity contribution in [2.75, 3.05) is 18.5 Å². The summed E-state index contributed by atoms with van der Waals surface area (Å²) in [6, 6.07) is 11.2. The van der Waals surface area contributed by atoms with Crippen LogP contribution in [0.5, 0.6) is 5.75 Å². The van der Waals surface area contributed by atoms with Gasteiger partial charge in [-0.3, -0.25) is 9.59 Å². The number of benzene rings is 2. The minimum Gasteiger partial charge on any atom is -0.506 e. The Morgan fingerprint density at radius 1 is 1.18 bits per heavy atom. The van der Waals surface area contributed by atoms with Gasteiger partial charge in [-0.2, -0.15) is 8.42 Å². The average molecular weight is 537 g/mol. The molecule has 1 unspecified atom stereocenters. The Kier molecular flexibility index (Phi) is 6.19. The van der Waals surface area contributed by atoms with Crippen molar-refractivity contribution in [3.05, 3.63) is 63.9 Å². The van der Waals surface area contributed by atoms with Gasteiger partial charge in [0, 0.05) is 30.6 Å². The number of ether oxygens (including phenoxy) is 1. The zero-order valence-corrected chi connectivity index (χ0v) is 21.5. The number of amidine groups is 1. The Balaban J connectivity index is 1.35. The largest absolute Gasteiger partial charge is 0.506 e. The summed E-state index contributed by atoms with van der Waals surface area (Å²) < 4.78 is 37.4. The van der Waals surface area contributed by atoms with Crippen molar-refractivity contribution in [2.24, 2.45) is 10.3 Å². The van der Waals surface area contributed by atoms with Crippen LogP contribution in [0.15, 0.2) is 56.6 Å². The number of sulfonamides is 1. The normalized spacial score (nSPS) is 20.0. The second-order valence-corrected chi connectivity index (χ2v) is 11.6. The number of carbonyl (C=O) groups is 1. The highest BCUT2D eigenvalue weighted by Gasteiger charge is 2.31. The number of nitrogens with zero attached hydrogens (tertiary/aromatic N) is 2. The second kappa shape index (κ2) is 9.55. The molecule has 3 aliphatic rings. The number of anilines is 1. The number of aryl methyl sites for hydroxylation is 1. The third-order valence-corrected chi connectivity index (χ3v) is 8.66. The van der Waals surface area contributed by atoms with E-state index in [-0.39, 0.29) is 39.4 Å². The number of carbonyl (C=O) groups excluding carboxylic acids is 1. The number of hydrogen-bond acceptors (Lipinski definition) is 7. The minimum absolute atomic E-state index is 0.0444. The van der Waals surface area contributed by atoms with E-state index < -0.39 is 21.5 Å². The van der Waals surface area contributed by atoms with Crippen molar-refractivity contribution >= 4 is 38.4 Å². The quantitative estimate of drug-likeness (QED) is 0.422. The van der Waals surface area contributed by atoms with Gasteiger partial charge in [0.05, 0.1) is 17.3 Å². The Morgan fingerprint density at radius 3 is 2.76 bits per heavy atom. The molecule has 2 fully saturated rings. The van der Waals surface area contributed by atoms with E-state index in [9.17, 15) is 23.1 Å². The van der Waals surface area contributed by atoms with E-state index in [1.165, 1.54) is 18.2 Å². The molecule has 1 saturated heterocycles. The number of aromatic nitrogens is 1. The molecule has 2 aromatic carbocycles. The van der Waals surface area contributed by atoms with E-state index in [4.69, 9.17) is 4.74 Å². The second-order valence-electron chi connectivity index (χ2n) is 10.0. The maximum absolute atomic E-state index is 13.6. The Labute approximate surface area is 219 Å². The van der Waals surface area contributed by atoms with Crippen LogP contribution in [0.25, 0.3) is 10.9 Å². The van der Waals surface area contributed by atoms with Gasteiger partial charge in [0.1, 0.15) is 16.2 Å². The summed E-state index contributed by atoms with van der Waals surface area (Å²) in [7, 11) is -4.28. The van der Waals surface area contributed by atoms with Crippen molar-refractivity contribution in [3.8, 4) is 5.75 Å². The molecular weight excluding hydrogens is 508 g/mol. The molecule has 1 aromatic heterocycles. The van der Waals surface area contributed by atoms with Crippen LogP contribution in [0, 0.1) is 5.92 Å². The fourth-order valence-electron chi connectivity index (χ4n) is 5.07. The molecule has 3 aromatic rings. The SMILES string of the molecule is O=C(NCC1CCCO1)c1ccc2c(c1)S(=O)(=O)N=C(c1c(O)c3ccccc3n(CCC3CC3)c1=O)N2. The maximum atomic E-state index is 13.6. The summed E-state index contributed by atoms with van der Waals surface area (Å²) in [4.78, 5) is 26.1. The number of fused-ring (bicyclic) bond motifs is 2. The number of nitrogens with one attached hydrogen (secondary N) is 2. The highest BCUT2D eigenvalue weighted by atomic mass is 32.2. The number of aromatic hydroxyl groups is 1. The van der Waals surface area contributed by atoms with E-state index in [0.29, 0.717) is 36.5 Å². The molecule has 0 spiro atoms. The molecule has 198 valence electrons. The van der Waals surface area contributed by atoms with Crippen molar-refractivity contribution < 1.29 is 23.1 Å². The first-order chi connectivity index (χ1) is 18.3. The van der Waals surface area contributed by atoms with Crippen molar-refractivity contribution in [3.63, 3.8) is 0 Å². The Bertz CT molecular complexity index is 1640. The van der Waals surface area contributed by atoms with Gasteiger partial charge in [-0.05, 0) is 55.5 Å². The van der Waals surface area contributed by atoms with Gasteiger partial charge < -0.3 is 25.0 Å². The first-order valence-electron chi connectivity index (χ1n) is 12.8. The fourth-order valence-corrected chi connectivity index (χ4v) is 6.21. The monoisotopic (exact) mass is 536 g/mol. The molecule has 3 heterocycles. The van der Waals surface area contributed by atoms with Gasteiger partial charge in [0.2, 0.25) is 0 Å². The predicted molar refractivity (Wildman–Crippen MR) is 142 cm³/mol. The molecular formula is C27H28N4O6S. The molecule has 38 heavy (non-hydrogen) atoms. The van der Waals surface area contributed by atoms with Crippen LogP contribution >= 0.6 is 0 Å². The van der Waals surface area contributed by atoms with Crippen LogP contribution < -0.4 is 16.2 Å². The molecule has 1 aliphatic carbocycles. The van der Waals surface area contributed by atoms with Gasteiger partial charge >= 0.3 is 0 Å². The predicted octanol–water partition coefficient (Wildman–Crippen LogP) is 2.98. The number of pyridine rings is 1. The summed E-state index contributed by atoms with van der Waals surface area (Å²) in [6.45, 7) is 1.47. The molecule has 0 radical (unpaired) electrons. The van der Waals surface area contributed by atoms with Crippen LogP contribution in [-0.2, 0) is 21.3 Å². The van der Waals surface area contributed by atoms with E-state index in [1.54, 1.807) is 28.8 Å². The summed E-state index contributed by atoms with van der Waals surface area (Å²) >= 11 is 0. The van der Waals surface area contributed by atoms with Gasteiger partial charge in [-0.1, -0.05) is 25.0 Å². The lowest BCUT2D eigenvalue weighted by Crippen LogP contribution is -2.33. The van der Waals surface area contributed by atoms with Gasteiger partial charge in [0.15, 0.2) is 5.84 Å². The number of amides is 1. The summed E-state index contributed by atoms with van der Waals surface area (Å²) in [5.41, 5.74) is 0.200. The van der Waals surface area contributed by atoms with Crippen molar-refractivity contribution in [1.82, 2.24) is 9.88 Å². The van der Waals surface area contributed by atoms with Crippen LogP contribution in [0.2, 0.25) is 0 Å². The zero-order valence-electron chi connectivity index (χ0n) is 20.6. The molecule has 10 nitrogen and oxygen atoms in total. The smallest absolute Gasteiger partial charge is 0.286 e. The lowest BCUT2D eigenvalue weighted by Gasteiger charge is -2.21. The van der Waals surface area contributed by atoms with Crippen LogP contribution in [0.3, 0.4) is 0 Å². The van der Waals surface area contributed by atoms with E-state index >= 15 is 0 Å². The first kappa shape index (κ1) is 24.6. The van der Waals surface area contributed by atoms with E-state index in [2.05, 4.69) is 15.0 Å². The Morgan fingerprint density at radius 2 is 2.00 bits per heavy atom. The molecule has 1 amide bonds. The molecule has 2 aliphatic heterocycles. The van der Waals surface area contributed by atoms with Crippen molar-refractivity contribution in [2.45, 2.75) is 49.6 Å². The van der Waals surface area contributed by atoms with E-state index in [0.717, 1.165) is 32.1 Å². The van der Waals surface area contributed by atoms with Crippen LogP contribution in [0.1, 0.15) is 48.0 Å². The molecule has 0 bridgehead atoms. The lowest BCUT2D eigenvalue weighted by atomic mass is 10.1. The highest BCUT2D eigenvalue weighted by Crippen LogP contribution is 2.35. The minimum atomic E-state index is -4.28. The molecule has 11 heteroatoms. The first-order valence-corrected chi connectivity index (χ1v) is 14.3. The van der Waals surface area contributed by atoms with Crippen LogP contribution in [-0.4, -0.2) is 49.1 Å². The third-order valence-electron chi connectivity index (χ3n) is 7.34. The number of para-hydroxylation sites is 1. The molecule has 1 atom stereocenters. The summed E-state index contributed by atoms with van der Waals surface area (Å²) in [6.07, 6.45) is 4.86. The summed E-state index contributed by atoms with van der Waals surface area (Å²) in [5.74, 6) is -0.420. The van der Waals surface area contributed by atoms with Gasteiger partial charge in [-0.15, -0.1) is 4.40 Å². The number of hydrogen-bond donors (Lipinski definition) is 3. The van der Waals surface area contributed by atoms with Crippen LogP contribution in [0.4, 0.5) is 5.69 Å². The molecule has 6 rings (SSSR count). The maximum Gasteiger partial charge on any atom is 0.286 e. The van der Waals surface area contributed by atoms with Gasteiger partial charge in [0.25, 0.3) is 21.5 Å². The van der Waals surface area contributed by atoms with Gasteiger partial charge in [-0.25, -0.2) is 0 Å².